The highest BCUT2D eigenvalue weighted by molar-refractivity contribution is 6.00. The Hall–Kier alpha value is -1.06. The monoisotopic (exact) mass is 236 g/mol. The van der Waals surface area contributed by atoms with Gasteiger partial charge in [-0.1, -0.05) is 6.92 Å². The minimum Gasteiger partial charge on any atom is -0.337 e. The first-order valence-corrected chi connectivity index (χ1v) is 6.74. The Balaban J connectivity index is 1.81. The highest BCUT2D eigenvalue weighted by Gasteiger charge is 2.51. The molecule has 3 fully saturated rings. The van der Waals surface area contributed by atoms with Gasteiger partial charge in [0.25, 0.3) is 0 Å². The van der Waals surface area contributed by atoms with Crippen LogP contribution in [0.25, 0.3) is 0 Å². The quantitative estimate of drug-likeness (QED) is 0.756. The number of urea groups is 1. The van der Waals surface area contributed by atoms with Crippen molar-refractivity contribution in [2.45, 2.75) is 51.5 Å². The summed E-state index contributed by atoms with van der Waals surface area (Å²) in [6, 6.07) is 0.0285. The number of nitrogens with one attached hydrogen (secondary N) is 1. The van der Waals surface area contributed by atoms with E-state index in [2.05, 4.69) is 12.2 Å². The Morgan fingerprint density at radius 3 is 2.41 bits per heavy atom. The van der Waals surface area contributed by atoms with E-state index in [-0.39, 0.29) is 23.4 Å². The van der Waals surface area contributed by atoms with Crippen molar-refractivity contribution in [3.63, 3.8) is 0 Å². The van der Waals surface area contributed by atoms with Crippen LogP contribution in [0.5, 0.6) is 0 Å². The first-order valence-electron chi connectivity index (χ1n) is 6.74. The van der Waals surface area contributed by atoms with Gasteiger partial charge in [0.05, 0.1) is 5.41 Å². The van der Waals surface area contributed by atoms with Crippen LogP contribution >= 0.6 is 0 Å². The number of imide groups is 1. The number of hydrogen-bond donors (Lipinski definition) is 1. The van der Waals surface area contributed by atoms with Crippen molar-refractivity contribution in [2.75, 3.05) is 6.54 Å². The van der Waals surface area contributed by atoms with Crippen molar-refractivity contribution in [1.29, 1.82) is 0 Å². The van der Waals surface area contributed by atoms with Crippen molar-refractivity contribution in [1.82, 2.24) is 10.2 Å². The lowest BCUT2D eigenvalue weighted by atomic mass is 9.69. The van der Waals surface area contributed by atoms with Crippen LogP contribution < -0.4 is 5.32 Å². The summed E-state index contributed by atoms with van der Waals surface area (Å²) < 4.78 is 0. The fourth-order valence-corrected chi connectivity index (χ4v) is 3.12. The summed E-state index contributed by atoms with van der Waals surface area (Å²) in [6.45, 7) is 2.80. The van der Waals surface area contributed by atoms with Crippen LogP contribution in [0, 0.1) is 11.3 Å². The Morgan fingerprint density at radius 1 is 1.18 bits per heavy atom. The number of carbonyl (C=O) groups is 2. The van der Waals surface area contributed by atoms with Crippen LogP contribution in [0.2, 0.25) is 0 Å². The second-order valence-corrected chi connectivity index (χ2v) is 6.03. The van der Waals surface area contributed by atoms with Crippen LogP contribution in [-0.4, -0.2) is 29.4 Å². The van der Waals surface area contributed by atoms with E-state index >= 15 is 0 Å². The van der Waals surface area contributed by atoms with Gasteiger partial charge >= 0.3 is 6.03 Å². The number of amides is 3. The molecule has 2 aliphatic carbocycles. The molecule has 0 aromatic rings. The largest absolute Gasteiger partial charge is 0.337 e. The molecule has 1 heterocycles. The number of hydrogen-bond acceptors (Lipinski definition) is 2. The summed E-state index contributed by atoms with van der Waals surface area (Å²) in [5.74, 6) is 0.830. The Labute approximate surface area is 102 Å². The number of rotatable bonds is 1. The zero-order chi connectivity index (χ0) is 12.0. The third-order valence-electron chi connectivity index (χ3n) is 4.61. The van der Waals surface area contributed by atoms with Gasteiger partial charge in [-0.25, -0.2) is 4.79 Å². The first-order chi connectivity index (χ1) is 8.12. The van der Waals surface area contributed by atoms with E-state index in [1.54, 1.807) is 0 Å². The maximum atomic E-state index is 12.6. The molecule has 0 aromatic heterocycles. The standard InChI is InChI=1S/C13H20N2O2/c1-9-4-6-13(7-5-9)8-14-12(17)15(11(13)16)10-2-3-10/h9-10H,2-8H2,1H3,(H,14,17). The van der Waals surface area contributed by atoms with E-state index in [9.17, 15) is 9.59 Å². The molecule has 0 bridgehead atoms. The lowest BCUT2D eigenvalue weighted by Crippen LogP contribution is -2.62. The van der Waals surface area contributed by atoms with E-state index in [0.29, 0.717) is 6.54 Å². The van der Waals surface area contributed by atoms with Crippen LogP contribution in [0.15, 0.2) is 0 Å². The molecule has 0 aromatic carbocycles. The van der Waals surface area contributed by atoms with Crippen LogP contribution in [0.1, 0.15) is 45.4 Å². The zero-order valence-electron chi connectivity index (χ0n) is 10.4. The van der Waals surface area contributed by atoms with Crippen LogP contribution in [0.3, 0.4) is 0 Å². The van der Waals surface area contributed by atoms with E-state index in [0.717, 1.165) is 44.4 Å². The maximum Gasteiger partial charge on any atom is 0.324 e. The minimum absolute atomic E-state index is 0.107. The van der Waals surface area contributed by atoms with E-state index in [4.69, 9.17) is 0 Å². The predicted molar refractivity (Wildman–Crippen MR) is 63.3 cm³/mol. The molecule has 0 unspecified atom stereocenters. The summed E-state index contributed by atoms with van der Waals surface area (Å²) in [6.07, 6.45) is 6.09. The van der Waals surface area contributed by atoms with Gasteiger partial charge in [-0.15, -0.1) is 0 Å². The molecular weight excluding hydrogens is 216 g/mol. The van der Waals surface area contributed by atoms with Crippen molar-refractivity contribution in [3.05, 3.63) is 0 Å². The highest BCUT2D eigenvalue weighted by atomic mass is 16.2. The fourth-order valence-electron chi connectivity index (χ4n) is 3.12. The van der Waals surface area contributed by atoms with E-state index in [1.165, 1.54) is 4.90 Å². The van der Waals surface area contributed by atoms with E-state index < -0.39 is 0 Å². The summed E-state index contributed by atoms with van der Waals surface area (Å²) >= 11 is 0. The molecule has 1 spiro atoms. The zero-order valence-corrected chi connectivity index (χ0v) is 10.4. The smallest absolute Gasteiger partial charge is 0.324 e. The fraction of sp³-hybridized carbons (Fsp3) is 0.846. The topological polar surface area (TPSA) is 49.4 Å². The molecule has 17 heavy (non-hydrogen) atoms. The van der Waals surface area contributed by atoms with Gasteiger partial charge < -0.3 is 5.32 Å². The molecule has 2 saturated carbocycles. The molecule has 1 aliphatic heterocycles. The lowest BCUT2D eigenvalue weighted by molar-refractivity contribution is -0.143. The summed E-state index contributed by atoms with van der Waals surface area (Å²) in [5.41, 5.74) is -0.275. The lowest BCUT2D eigenvalue weighted by Gasteiger charge is -2.44. The van der Waals surface area contributed by atoms with Gasteiger partial charge in [-0.2, -0.15) is 0 Å². The highest BCUT2D eigenvalue weighted by Crippen LogP contribution is 2.43. The average molecular weight is 236 g/mol. The predicted octanol–water partition coefficient (Wildman–Crippen LogP) is 1.90. The summed E-state index contributed by atoms with van der Waals surface area (Å²) in [5, 5.41) is 2.93. The molecule has 4 nitrogen and oxygen atoms in total. The summed E-state index contributed by atoms with van der Waals surface area (Å²) in [4.78, 5) is 25.8. The SMILES string of the molecule is CC1CCC2(CC1)CNC(=O)N(C1CC1)C2=O. The molecule has 3 amide bonds. The van der Waals surface area contributed by atoms with Crippen LogP contribution in [0.4, 0.5) is 4.79 Å². The number of carbonyl (C=O) groups excluding carboxylic acids is 2. The third kappa shape index (κ3) is 1.74. The van der Waals surface area contributed by atoms with Gasteiger partial charge in [0, 0.05) is 12.6 Å². The molecule has 3 aliphatic rings. The molecule has 0 radical (unpaired) electrons. The number of nitrogens with zero attached hydrogens (tertiary/aromatic N) is 1. The Kier molecular flexibility index (Phi) is 2.42. The van der Waals surface area contributed by atoms with Gasteiger partial charge in [0.1, 0.15) is 0 Å². The van der Waals surface area contributed by atoms with E-state index in [1.807, 2.05) is 0 Å². The summed E-state index contributed by atoms with van der Waals surface area (Å²) in [7, 11) is 0. The average Bonchev–Trinajstić information content (AvgIpc) is 3.12. The molecule has 94 valence electrons. The van der Waals surface area contributed by atoms with Crippen molar-refractivity contribution in [2.24, 2.45) is 11.3 Å². The van der Waals surface area contributed by atoms with Crippen molar-refractivity contribution < 1.29 is 9.59 Å². The molecular formula is C13H20N2O2. The van der Waals surface area contributed by atoms with Gasteiger partial charge in [0.15, 0.2) is 0 Å². The molecule has 4 heteroatoms. The van der Waals surface area contributed by atoms with Gasteiger partial charge in [0.2, 0.25) is 5.91 Å². The normalized spacial score (nSPS) is 38.4. The third-order valence-corrected chi connectivity index (χ3v) is 4.61. The Bertz CT molecular complexity index is 354. The molecule has 3 rings (SSSR count). The second-order valence-electron chi connectivity index (χ2n) is 6.03. The Morgan fingerprint density at radius 2 is 1.82 bits per heavy atom. The second kappa shape index (κ2) is 3.72. The van der Waals surface area contributed by atoms with Crippen LogP contribution in [-0.2, 0) is 4.79 Å². The molecule has 1 saturated heterocycles. The van der Waals surface area contributed by atoms with Crippen molar-refractivity contribution >= 4 is 11.9 Å². The first kappa shape index (κ1) is 11.1. The molecule has 1 N–H and O–H groups in total. The van der Waals surface area contributed by atoms with Gasteiger partial charge in [-0.05, 0) is 44.4 Å². The maximum absolute atomic E-state index is 12.6. The van der Waals surface area contributed by atoms with Crippen molar-refractivity contribution in [3.8, 4) is 0 Å². The minimum atomic E-state index is -0.275. The van der Waals surface area contributed by atoms with Gasteiger partial charge in [-0.3, -0.25) is 9.69 Å². The molecule has 0 atom stereocenters.